The van der Waals surface area contributed by atoms with E-state index in [0.717, 1.165) is 49.8 Å². The Morgan fingerprint density at radius 3 is 2.61 bits per heavy atom. The van der Waals surface area contributed by atoms with Crippen molar-refractivity contribution in [2.45, 2.75) is 63.9 Å². The maximum absolute atomic E-state index is 11.6. The molecule has 1 fully saturated rings. The van der Waals surface area contributed by atoms with E-state index in [1.807, 2.05) is 0 Å². The van der Waals surface area contributed by atoms with E-state index in [1.54, 1.807) is 0 Å². The maximum atomic E-state index is 11.6. The van der Waals surface area contributed by atoms with Gasteiger partial charge >= 0.3 is 0 Å². The zero-order valence-corrected chi connectivity index (χ0v) is 13.0. The molecule has 1 aliphatic carbocycles. The van der Waals surface area contributed by atoms with Crippen LogP contribution in [0.2, 0.25) is 0 Å². The Hall–Kier alpha value is -0.0900. The molecule has 0 bridgehead atoms. The highest BCUT2D eigenvalue weighted by molar-refractivity contribution is 9.09. The van der Waals surface area contributed by atoms with Gasteiger partial charge in [0.05, 0.1) is 5.60 Å². The first-order valence-corrected chi connectivity index (χ1v) is 8.27. The molecule has 0 heterocycles. The first kappa shape index (κ1) is 16.0. The summed E-state index contributed by atoms with van der Waals surface area (Å²) < 4.78 is 0. The van der Waals surface area contributed by atoms with Gasteiger partial charge in [0.25, 0.3) is 0 Å². The molecule has 3 nitrogen and oxygen atoms in total. The van der Waals surface area contributed by atoms with Crippen molar-refractivity contribution in [1.29, 1.82) is 0 Å². The second kappa shape index (κ2) is 8.16. The fourth-order valence-corrected chi connectivity index (χ4v) is 2.93. The third-order valence-electron chi connectivity index (χ3n) is 4.02. The Labute approximate surface area is 119 Å². The highest BCUT2D eigenvalue weighted by Gasteiger charge is 2.32. The number of hydrogen-bond acceptors (Lipinski definition) is 2. The SMILES string of the molecule is CCC1CCC(O)(CNC(=O)CCCCBr)CC1. The van der Waals surface area contributed by atoms with E-state index < -0.39 is 5.60 Å². The topological polar surface area (TPSA) is 49.3 Å². The van der Waals surface area contributed by atoms with Crippen LogP contribution in [-0.4, -0.2) is 28.5 Å². The number of aliphatic hydroxyl groups is 1. The van der Waals surface area contributed by atoms with Crippen LogP contribution in [0.3, 0.4) is 0 Å². The van der Waals surface area contributed by atoms with Gasteiger partial charge in [0.15, 0.2) is 0 Å². The van der Waals surface area contributed by atoms with Gasteiger partial charge in [-0.1, -0.05) is 29.3 Å². The molecule has 0 aliphatic heterocycles. The van der Waals surface area contributed by atoms with Crippen molar-refractivity contribution in [2.24, 2.45) is 5.92 Å². The molecule has 4 heteroatoms. The molecule has 1 amide bonds. The molecular formula is C14H26BrNO2. The molecule has 1 rings (SSSR count). The van der Waals surface area contributed by atoms with E-state index in [-0.39, 0.29) is 5.91 Å². The molecular weight excluding hydrogens is 294 g/mol. The third-order valence-corrected chi connectivity index (χ3v) is 4.58. The minimum absolute atomic E-state index is 0.0713. The lowest BCUT2D eigenvalue weighted by atomic mass is 9.78. The van der Waals surface area contributed by atoms with Gasteiger partial charge in [0.2, 0.25) is 5.91 Å². The average Bonchev–Trinajstić information content (AvgIpc) is 2.38. The molecule has 0 aromatic heterocycles. The van der Waals surface area contributed by atoms with E-state index in [2.05, 4.69) is 28.2 Å². The third kappa shape index (κ3) is 5.70. The van der Waals surface area contributed by atoms with Gasteiger partial charge in [0, 0.05) is 18.3 Å². The number of nitrogens with one attached hydrogen (secondary N) is 1. The fraction of sp³-hybridized carbons (Fsp3) is 0.929. The van der Waals surface area contributed by atoms with Crippen LogP contribution in [0.15, 0.2) is 0 Å². The summed E-state index contributed by atoms with van der Waals surface area (Å²) in [6.45, 7) is 2.64. The van der Waals surface area contributed by atoms with Crippen LogP contribution in [0.4, 0.5) is 0 Å². The minimum Gasteiger partial charge on any atom is -0.388 e. The quantitative estimate of drug-likeness (QED) is 0.560. The Kier molecular flexibility index (Phi) is 7.23. The largest absolute Gasteiger partial charge is 0.388 e. The molecule has 0 aromatic carbocycles. The van der Waals surface area contributed by atoms with E-state index in [0.29, 0.717) is 13.0 Å². The highest BCUT2D eigenvalue weighted by Crippen LogP contribution is 2.33. The van der Waals surface area contributed by atoms with Crippen molar-refractivity contribution < 1.29 is 9.90 Å². The second-order valence-corrected chi connectivity index (χ2v) is 6.29. The summed E-state index contributed by atoms with van der Waals surface area (Å²) in [7, 11) is 0. The van der Waals surface area contributed by atoms with E-state index in [9.17, 15) is 9.90 Å². The summed E-state index contributed by atoms with van der Waals surface area (Å²) in [4.78, 5) is 11.6. The number of carbonyl (C=O) groups is 1. The normalized spacial score (nSPS) is 28.1. The predicted octanol–water partition coefficient (Wildman–Crippen LogP) is 3.00. The first-order valence-electron chi connectivity index (χ1n) is 7.14. The lowest BCUT2D eigenvalue weighted by Crippen LogP contribution is -2.45. The molecule has 106 valence electrons. The van der Waals surface area contributed by atoms with Gasteiger partial charge in [-0.05, 0) is 44.4 Å². The summed E-state index contributed by atoms with van der Waals surface area (Å²) in [5.74, 6) is 0.835. The van der Waals surface area contributed by atoms with Crippen LogP contribution in [0, 0.1) is 5.92 Å². The van der Waals surface area contributed by atoms with Gasteiger partial charge < -0.3 is 10.4 Å². The summed E-state index contributed by atoms with van der Waals surface area (Å²) in [5.41, 5.74) is -0.656. The Bertz CT molecular complexity index is 250. The molecule has 18 heavy (non-hydrogen) atoms. The number of halogens is 1. The molecule has 1 saturated carbocycles. The fourth-order valence-electron chi connectivity index (χ4n) is 2.53. The highest BCUT2D eigenvalue weighted by atomic mass is 79.9. The van der Waals surface area contributed by atoms with Crippen molar-refractivity contribution in [3.8, 4) is 0 Å². The van der Waals surface area contributed by atoms with Crippen molar-refractivity contribution in [3.05, 3.63) is 0 Å². The minimum atomic E-state index is -0.656. The number of carbonyl (C=O) groups excluding carboxylic acids is 1. The first-order chi connectivity index (χ1) is 8.59. The molecule has 0 radical (unpaired) electrons. The Morgan fingerprint density at radius 2 is 2.06 bits per heavy atom. The van der Waals surface area contributed by atoms with Crippen molar-refractivity contribution >= 4 is 21.8 Å². The standard InChI is InChI=1S/C14H26BrNO2/c1-2-12-6-8-14(18,9-7-12)11-16-13(17)5-3-4-10-15/h12,18H,2-11H2,1H3,(H,16,17). The number of amides is 1. The number of alkyl halides is 1. The summed E-state index contributed by atoms with van der Waals surface area (Å²) in [6.07, 6.45) is 7.54. The van der Waals surface area contributed by atoms with Gasteiger partial charge in [-0.2, -0.15) is 0 Å². The van der Waals surface area contributed by atoms with Crippen LogP contribution in [0.1, 0.15) is 58.3 Å². The van der Waals surface area contributed by atoms with Crippen LogP contribution >= 0.6 is 15.9 Å². The van der Waals surface area contributed by atoms with Crippen molar-refractivity contribution in [1.82, 2.24) is 5.32 Å². The van der Waals surface area contributed by atoms with Gasteiger partial charge in [-0.15, -0.1) is 0 Å². The Morgan fingerprint density at radius 1 is 1.39 bits per heavy atom. The molecule has 2 N–H and O–H groups in total. The molecule has 0 saturated heterocycles. The predicted molar refractivity (Wildman–Crippen MR) is 77.9 cm³/mol. The molecule has 0 spiro atoms. The number of rotatable bonds is 7. The Balaban J connectivity index is 2.19. The van der Waals surface area contributed by atoms with Gasteiger partial charge in [-0.3, -0.25) is 4.79 Å². The zero-order chi connectivity index (χ0) is 13.4. The van der Waals surface area contributed by atoms with Crippen molar-refractivity contribution in [2.75, 3.05) is 11.9 Å². The smallest absolute Gasteiger partial charge is 0.220 e. The molecule has 0 atom stereocenters. The zero-order valence-electron chi connectivity index (χ0n) is 11.4. The van der Waals surface area contributed by atoms with E-state index in [1.165, 1.54) is 6.42 Å². The van der Waals surface area contributed by atoms with Crippen molar-refractivity contribution in [3.63, 3.8) is 0 Å². The lowest BCUT2D eigenvalue weighted by molar-refractivity contribution is -0.123. The summed E-state index contributed by atoms with van der Waals surface area (Å²) in [5, 5.41) is 14.2. The van der Waals surface area contributed by atoms with E-state index >= 15 is 0 Å². The summed E-state index contributed by atoms with van der Waals surface area (Å²) in [6, 6.07) is 0. The van der Waals surface area contributed by atoms with Crippen LogP contribution in [0.5, 0.6) is 0 Å². The lowest BCUT2D eigenvalue weighted by Gasteiger charge is -2.35. The average molecular weight is 320 g/mol. The second-order valence-electron chi connectivity index (χ2n) is 5.50. The molecule has 1 aliphatic rings. The summed E-state index contributed by atoms with van der Waals surface area (Å²) >= 11 is 3.35. The molecule has 0 aromatic rings. The van der Waals surface area contributed by atoms with Crippen LogP contribution < -0.4 is 5.32 Å². The maximum Gasteiger partial charge on any atom is 0.220 e. The molecule has 0 unspecified atom stereocenters. The van der Waals surface area contributed by atoms with Gasteiger partial charge in [0.1, 0.15) is 0 Å². The monoisotopic (exact) mass is 319 g/mol. The van der Waals surface area contributed by atoms with E-state index in [4.69, 9.17) is 0 Å². The number of hydrogen-bond donors (Lipinski definition) is 2. The van der Waals surface area contributed by atoms with Crippen LogP contribution in [-0.2, 0) is 4.79 Å². The number of unbranched alkanes of at least 4 members (excludes halogenated alkanes) is 1. The van der Waals surface area contributed by atoms with Crippen LogP contribution in [0.25, 0.3) is 0 Å². The van der Waals surface area contributed by atoms with Gasteiger partial charge in [-0.25, -0.2) is 0 Å².